The van der Waals surface area contributed by atoms with Crippen molar-refractivity contribution in [3.63, 3.8) is 0 Å². The molecule has 0 amide bonds. The Balaban J connectivity index is 1.64. The van der Waals surface area contributed by atoms with E-state index in [0.29, 0.717) is 5.95 Å². The predicted octanol–water partition coefficient (Wildman–Crippen LogP) is 4.69. The second kappa shape index (κ2) is 9.12. The number of hydrogen-bond acceptors (Lipinski definition) is 4. The van der Waals surface area contributed by atoms with Crippen LogP contribution in [0.1, 0.15) is 25.0 Å². The Morgan fingerprint density at radius 1 is 0.963 bits per heavy atom. The van der Waals surface area contributed by atoms with Gasteiger partial charge in [0.15, 0.2) is 0 Å². The Morgan fingerprint density at radius 2 is 1.70 bits per heavy atom. The van der Waals surface area contributed by atoms with Crippen molar-refractivity contribution in [2.45, 2.75) is 32.9 Å². The highest BCUT2D eigenvalue weighted by molar-refractivity contribution is 5.42. The molecule has 3 aromatic rings. The number of hydrogen-bond donors (Lipinski definition) is 1. The van der Waals surface area contributed by atoms with E-state index in [9.17, 15) is 4.39 Å². The molecule has 3 rings (SSSR count). The van der Waals surface area contributed by atoms with Crippen molar-refractivity contribution >= 4 is 11.8 Å². The zero-order valence-electron chi connectivity index (χ0n) is 15.8. The van der Waals surface area contributed by atoms with E-state index >= 15 is 0 Å². The molecule has 140 valence electrons. The van der Waals surface area contributed by atoms with Crippen LogP contribution in [-0.2, 0) is 13.0 Å². The molecule has 0 fully saturated rings. The van der Waals surface area contributed by atoms with Crippen LogP contribution in [-0.4, -0.2) is 22.6 Å². The van der Waals surface area contributed by atoms with Crippen molar-refractivity contribution in [1.29, 1.82) is 0 Å². The van der Waals surface area contributed by atoms with E-state index in [1.807, 2.05) is 36.4 Å². The van der Waals surface area contributed by atoms with Crippen LogP contribution < -0.4 is 10.2 Å². The lowest BCUT2D eigenvalue weighted by molar-refractivity contribution is 0.627. The fraction of sp³-hybridized carbons (Fsp3) is 0.273. The highest BCUT2D eigenvalue weighted by Crippen LogP contribution is 2.17. The molecule has 27 heavy (non-hydrogen) atoms. The van der Waals surface area contributed by atoms with Crippen molar-refractivity contribution in [3.8, 4) is 0 Å². The number of benzene rings is 2. The monoisotopic (exact) mass is 364 g/mol. The van der Waals surface area contributed by atoms with Crippen LogP contribution in [0.2, 0.25) is 0 Å². The summed E-state index contributed by atoms with van der Waals surface area (Å²) >= 11 is 0. The Bertz CT molecular complexity index is 834. The minimum Gasteiger partial charge on any atom is -0.370 e. The van der Waals surface area contributed by atoms with E-state index in [2.05, 4.69) is 46.2 Å². The summed E-state index contributed by atoms with van der Waals surface area (Å²) in [7, 11) is 0. The molecule has 1 aromatic heterocycles. The van der Waals surface area contributed by atoms with Gasteiger partial charge in [0.25, 0.3) is 0 Å². The predicted molar refractivity (Wildman–Crippen MR) is 108 cm³/mol. The second-order valence-corrected chi connectivity index (χ2v) is 6.75. The zero-order valence-corrected chi connectivity index (χ0v) is 15.8. The number of halogens is 1. The van der Waals surface area contributed by atoms with Crippen molar-refractivity contribution in [2.75, 3.05) is 16.8 Å². The van der Waals surface area contributed by atoms with E-state index in [1.54, 1.807) is 6.20 Å². The molecule has 0 spiro atoms. The van der Waals surface area contributed by atoms with Gasteiger partial charge in [-0.15, -0.1) is 0 Å². The summed E-state index contributed by atoms with van der Waals surface area (Å²) < 4.78 is 13.0. The fourth-order valence-corrected chi connectivity index (χ4v) is 2.84. The van der Waals surface area contributed by atoms with Crippen LogP contribution in [0.3, 0.4) is 0 Å². The van der Waals surface area contributed by atoms with Crippen LogP contribution in [0.25, 0.3) is 0 Å². The normalized spacial score (nSPS) is 10.8. The van der Waals surface area contributed by atoms with Gasteiger partial charge >= 0.3 is 0 Å². The molecule has 0 aliphatic heterocycles. The molecule has 0 saturated carbocycles. The summed E-state index contributed by atoms with van der Waals surface area (Å²) in [6.07, 6.45) is 2.58. The van der Waals surface area contributed by atoms with Gasteiger partial charge in [-0.05, 0) is 49.6 Å². The first-order valence-corrected chi connectivity index (χ1v) is 9.24. The molecule has 0 aliphatic carbocycles. The summed E-state index contributed by atoms with van der Waals surface area (Å²) in [6, 6.07) is 19.1. The molecule has 2 aromatic carbocycles. The van der Waals surface area contributed by atoms with Crippen molar-refractivity contribution in [1.82, 2.24) is 9.97 Å². The van der Waals surface area contributed by atoms with E-state index in [-0.39, 0.29) is 11.9 Å². The molecule has 4 nitrogen and oxygen atoms in total. The van der Waals surface area contributed by atoms with Crippen molar-refractivity contribution < 1.29 is 4.39 Å². The van der Waals surface area contributed by atoms with Crippen molar-refractivity contribution in [3.05, 3.63) is 83.8 Å². The van der Waals surface area contributed by atoms with Gasteiger partial charge < -0.3 is 10.2 Å². The third-order valence-corrected chi connectivity index (χ3v) is 4.35. The lowest BCUT2D eigenvalue weighted by Gasteiger charge is -2.27. The van der Waals surface area contributed by atoms with E-state index < -0.39 is 0 Å². The number of nitrogens with one attached hydrogen (secondary N) is 1. The minimum absolute atomic E-state index is 0.209. The maximum atomic E-state index is 13.0. The first-order valence-electron chi connectivity index (χ1n) is 9.24. The van der Waals surface area contributed by atoms with Gasteiger partial charge in [-0.25, -0.2) is 9.37 Å². The van der Waals surface area contributed by atoms with E-state index in [4.69, 9.17) is 0 Å². The van der Waals surface area contributed by atoms with Gasteiger partial charge in [-0.3, -0.25) is 0 Å². The van der Waals surface area contributed by atoms with Gasteiger partial charge in [0.2, 0.25) is 5.95 Å². The molecular weight excluding hydrogens is 339 g/mol. The van der Waals surface area contributed by atoms with Gasteiger partial charge in [0.1, 0.15) is 11.6 Å². The van der Waals surface area contributed by atoms with Crippen LogP contribution in [0.5, 0.6) is 0 Å². The van der Waals surface area contributed by atoms with Crippen LogP contribution >= 0.6 is 0 Å². The maximum absolute atomic E-state index is 13.0. The third kappa shape index (κ3) is 5.51. The molecule has 0 unspecified atom stereocenters. The minimum atomic E-state index is -0.209. The molecule has 5 heteroatoms. The Kier molecular flexibility index (Phi) is 6.36. The summed E-state index contributed by atoms with van der Waals surface area (Å²) in [6.45, 7) is 5.77. The topological polar surface area (TPSA) is 41.1 Å². The Labute approximate surface area is 160 Å². The van der Waals surface area contributed by atoms with Crippen LogP contribution in [0, 0.1) is 5.82 Å². The quantitative estimate of drug-likeness (QED) is 0.630. The largest absolute Gasteiger partial charge is 0.370 e. The number of aromatic nitrogens is 2. The number of rotatable bonds is 8. The maximum Gasteiger partial charge on any atom is 0.227 e. The molecule has 0 radical (unpaired) electrons. The second-order valence-electron chi connectivity index (χ2n) is 6.75. The SMILES string of the molecule is CC(C)N(Cc1ccccc1)c1nccc(NCCc2ccc(F)cc2)n1. The lowest BCUT2D eigenvalue weighted by Crippen LogP contribution is -2.31. The zero-order chi connectivity index (χ0) is 19.1. The molecule has 0 aliphatic rings. The van der Waals surface area contributed by atoms with E-state index in [0.717, 1.165) is 30.9 Å². The lowest BCUT2D eigenvalue weighted by atomic mass is 10.1. The van der Waals surface area contributed by atoms with Crippen LogP contribution in [0.15, 0.2) is 66.9 Å². The first kappa shape index (κ1) is 18.8. The number of nitrogens with zero attached hydrogens (tertiary/aromatic N) is 3. The summed E-state index contributed by atoms with van der Waals surface area (Å²) in [4.78, 5) is 11.3. The van der Waals surface area contributed by atoms with E-state index in [1.165, 1.54) is 17.7 Å². The summed E-state index contributed by atoms with van der Waals surface area (Å²) in [5.74, 6) is 1.29. The fourth-order valence-electron chi connectivity index (χ4n) is 2.84. The average Bonchev–Trinajstić information content (AvgIpc) is 2.68. The summed E-state index contributed by atoms with van der Waals surface area (Å²) in [5, 5.41) is 3.33. The first-order chi connectivity index (χ1) is 13.1. The van der Waals surface area contributed by atoms with Gasteiger partial charge in [-0.2, -0.15) is 4.98 Å². The van der Waals surface area contributed by atoms with Gasteiger partial charge in [0, 0.05) is 25.3 Å². The van der Waals surface area contributed by atoms with Gasteiger partial charge in [0.05, 0.1) is 0 Å². The Morgan fingerprint density at radius 3 is 2.41 bits per heavy atom. The standard InChI is InChI=1S/C22H25FN4/c1-17(2)27(16-19-6-4-3-5-7-19)22-25-15-13-21(26-22)24-14-12-18-8-10-20(23)11-9-18/h3-11,13,15,17H,12,14,16H2,1-2H3,(H,24,25,26). The molecular formula is C22H25FN4. The van der Waals surface area contributed by atoms with Crippen LogP contribution in [0.4, 0.5) is 16.2 Å². The smallest absolute Gasteiger partial charge is 0.227 e. The highest BCUT2D eigenvalue weighted by Gasteiger charge is 2.14. The summed E-state index contributed by atoms with van der Waals surface area (Å²) in [5.41, 5.74) is 2.32. The highest BCUT2D eigenvalue weighted by atomic mass is 19.1. The number of anilines is 2. The van der Waals surface area contributed by atoms with Crippen molar-refractivity contribution in [2.24, 2.45) is 0 Å². The average molecular weight is 364 g/mol. The molecule has 1 N–H and O–H groups in total. The Hall–Kier alpha value is -2.95. The molecule has 1 heterocycles. The molecule has 0 atom stereocenters. The third-order valence-electron chi connectivity index (χ3n) is 4.35. The molecule has 0 saturated heterocycles. The molecule has 0 bridgehead atoms. The van der Waals surface area contributed by atoms with Gasteiger partial charge in [-0.1, -0.05) is 42.5 Å².